The third-order valence-electron chi connectivity index (χ3n) is 2.20. The lowest BCUT2D eigenvalue weighted by molar-refractivity contribution is -0.123. The fraction of sp³-hybridized carbons (Fsp3) is 0.364. The Labute approximate surface area is 108 Å². The first-order chi connectivity index (χ1) is 8.07. The van der Waals surface area contributed by atoms with E-state index in [1.165, 1.54) is 14.2 Å². The third-order valence-corrected chi connectivity index (χ3v) is 2.81. The van der Waals surface area contributed by atoms with Crippen molar-refractivity contribution in [2.45, 2.75) is 11.1 Å². The first kappa shape index (κ1) is 14.0. The van der Waals surface area contributed by atoms with Crippen LogP contribution in [0.25, 0.3) is 0 Å². The van der Waals surface area contributed by atoms with Crippen molar-refractivity contribution in [2.24, 2.45) is 5.16 Å². The van der Waals surface area contributed by atoms with Gasteiger partial charge in [-0.25, -0.2) is 0 Å². The van der Waals surface area contributed by atoms with E-state index in [1.807, 2.05) is 0 Å². The number of methoxy groups -OCH3 is 1. The van der Waals surface area contributed by atoms with Crippen molar-refractivity contribution in [1.82, 2.24) is 0 Å². The van der Waals surface area contributed by atoms with Crippen LogP contribution in [-0.4, -0.2) is 30.3 Å². The molecule has 6 heteroatoms. The topological polar surface area (TPSA) is 71.3 Å². The van der Waals surface area contributed by atoms with Crippen molar-refractivity contribution in [2.75, 3.05) is 14.2 Å². The molecule has 0 aliphatic heterocycles. The minimum Gasteiger partial charge on any atom is -0.478 e. The Bertz CT molecular complexity index is 406. The first-order valence-corrected chi connectivity index (χ1v) is 5.94. The van der Waals surface area contributed by atoms with Gasteiger partial charge in [0.1, 0.15) is 7.11 Å². The molecule has 0 amide bonds. The Morgan fingerprint density at radius 1 is 1.35 bits per heavy atom. The van der Waals surface area contributed by atoms with E-state index < -0.39 is 5.79 Å². The number of ether oxygens (including phenoxy) is 1. The Kier molecular flexibility index (Phi) is 4.92. The number of rotatable bonds is 4. The molecule has 0 spiro atoms. The van der Waals surface area contributed by atoms with E-state index in [1.54, 1.807) is 24.3 Å². The van der Waals surface area contributed by atoms with Crippen LogP contribution in [0.5, 0.6) is 0 Å². The Morgan fingerprint density at radius 3 is 2.53 bits per heavy atom. The molecule has 0 aliphatic rings. The second-order valence-corrected chi connectivity index (χ2v) is 3.81. The van der Waals surface area contributed by atoms with E-state index in [9.17, 15) is 10.2 Å². The summed E-state index contributed by atoms with van der Waals surface area (Å²) in [6.07, 6.45) is 0. The molecule has 2 N–H and O–H groups in total. The highest BCUT2D eigenvalue weighted by Crippen LogP contribution is 2.25. The minimum absolute atomic E-state index is 0.287. The number of alkyl halides is 1. The van der Waals surface area contributed by atoms with Crippen LogP contribution < -0.4 is 0 Å². The van der Waals surface area contributed by atoms with E-state index in [0.717, 1.165) is 5.56 Å². The minimum atomic E-state index is -2.32. The van der Waals surface area contributed by atoms with Gasteiger partial charge in [-0.3, -0.25) is 0 Å². The van der Waals surface area contributed by atoms with Gasteiger partial charge in [0.15, 0.2) is 0 Å². The Morgan fingerprint density at radius 2 is 2.00 bits per heavy atom. The van der Waals surface area contributed by atoms with Gasteiger partial charge in [-0.05, 0) is 10.7 Å². The fourth-order valence-electron chi connectivity index (χ4n) is 1.42. The van der Waals surface area contributed by atoms with Crippen LogP contribution in [0.3, 0.4) is 0 Å². The molecule has 0 fully saturated rings. The van der Waals surface area contributed by atoms with Crippen molar-refractivity contribution < 1.29 is 19.8 Å². The smallest absolute Gasteiger partial charge is 0.291 e. The summed E-state index contributed by atoms with van der Waals surface area (Å²) in [5, 5.41) is 24.1. The zero-order valence-electron chi connectivity index (χ0n) is 9.55. The molecule has 0 heterocycles. The van der Waals surface area contributed by atoms with Crippen molar-refractivity contribution in [3.05, 3.63) is 35.4 Å². The number of hydrogen-bond acceptors (Lipinski definition) is 5. The van der Waals surface area contributed by atoms with Crippen molar-refractivity contribution in [3.8, 4) is 0 Å². The van der Waals surface area contributed by atoms with Crippen LogP contribution in [0, 0.1) is 0 Å². The molecule has 5 nitrogen and oxygen atoms in total. The summed E-state index contributed by atoms with van der Waals surface area (Å²) in [5.41, 5.74) is 1.01. The summed E-state index contributed by atoms with van der Waals surface area (Å²) in [6, 6.07) is 6.85. The summed E-state index contributed by atoms with van der Waals surface area (Å²) in [4.78, 5) is 4.51. The lowest BCUT2D eigenvalue weighted by Gasteiger charge is -2.23. The molecule has 0 radical (unpaired) electrons. The van der Waals surface area contributed by atoms with Gasteiger partial charge in [0.2, 0.25) is 0 Å². The molecule has 1 rings (SSSR count). The zero-order valence-corrected chi connectivity index (χ0v) is 11.1. The lowest BCUT2D eigenvalue weighted by Crippen LogP contribution is -2.37. The highest BCUT2D eigenvalue weighted by molar-refractivity contribution is 9.08. The number of halogens is 1. The molecule has 0 unspecified atom stereocenters. The normalized spacial score (nSPS) is 12.4. The van der Waals surface area contributed by atoms with Crippen LogP contribution in [0.1, 0.15) is 11.1 Å². The molecule has 0 saturated heterocycles. The Balaban J connectivity index is 3.24. The van der Waals surface area contributed by atoms with Gasteiger partial charge in [0.25, 0.3) is 11.7 Å². The molecule has 0 aromatic heterocycles. The van der Waals surface area contributed by atoms with Gasteiger partial charge >= 0.3 is 0 Å². The van der Waals surface area contributed by atoms with E-state index >= 15 is 0 Å². The Hall–Kier alpha value is -1.11. The second kappa shape index (κ2) is 6.00. The summed E-state index contributed by atoms with van der Waals surface area (Å²) in [5.74, 6) is -2.65. The number of hydrogen-bond donors (Lipinski definition) is 2. The van der Waals surface area contributed by atoms with Crippen LogP contribution in [0.2, 0.25) is 0 Å². The van der Waals surface area contributed by atoms with Crippen molar-refractivity contribution in [1.29, 1.82) is 0 Å². The number of benzene rings is 1. The summed E-state index contributed by atoms with van der Waals surface area (Å²) >= 11 is 3.28. The average Bonchev–Trinajstić information content (AvgIpc) is 2.35. The molecule has 0 aliphatic carbocycles. The summed E-state index contributed by atoms with van der Waals surface area (Å²) in [7, 11) is 2.58. The maximum atomic E-state index is 10.1. The van der Waals surface area contributed by atoms with Crippen LogP contribution in [0.15, 0.2) is 29.4 Å². The second-order valence-electron chi connectivity index (χ2n) is 3.25. The molecule has 1 aromatic rings. The van der Waals surface area contributed by atoms with E-state index in [-0.39, 0.29) is 11.5 Å². The zero-order chi connectivity index (χ0) is 12.9. The number of oxime groups is 1. The van der Waals surface area contributed by atoms with E-state index in [2.05, 4.69) is 25.9 Å². The lowest BCUT2D eigenvalue weighted by atomic mass is 10.0. The van der Waals surface area contributed by atoms with Gasteiger partial charge in [-0.15, -0.1) is 0 Å². The summed E-state index contributed by atoms with van der Waals surface area (Å²) in [6.45, 7) is 0. The summed E-state index contributed by atoms with van der Waals surface area (Å²) < 4.78 is 4.82. The molecule has 94 valence electrons. The van der Waals surface area contributed by atoms with Crippen LogP contribution in [-0.2, 0) is 20.7 Å². The molecular formula is C11H14BrNO4. The van der Waals surface area contributed by atoms with Gasteiger partial charge < -0.3 is 19.8 Å². The van der Waals surface area contributed by atoms with E-state index in [4.69, 9.17) is 4.74 Å². The predicted octanol–water partition coefficient (Wildman–Crippen LogP) is 1.33. The van der Waals surface area contributed by atoms with Crippen molar-refractivity contribution in [3.63, 3.8) is 0 Å². The number of aliphatic hydroxyl groups is 2. The largest absolute Gasteiger partial charge is 0.478 e. The third kappa shape index (κ3) is 2.96. The molecule has 0 atom stereocenters. The monoisotopic (exact) mass is 303 g/mol. The SMILES string of the molecule is CON=C(OC)C(O)(O)c1ccccc1CBr. The molecule has 0 saturated carbocycles. The molecule has 0 bridgehead atoms. The molecule has 17 heavy (non-hydrogen) atoms. The first-order valence-electron chi connectivity index (χ1n) is 4.82. The van der Waals surface area contributed by atoms with Gasteiger partial charge in [0, 0.05) is 10.9 Å². The maximum Gasteiger partial charge on any atom is 0.291 e. The fourth-order valence-corrected chi connectivity index (χ4v) is 1.91. The molecular weight excluding hydrogens is 290 g/mol. The number of nitrogens with zero attached hydrogens (tertiary/aromatic N) is 1. The predicted molar refractivity (Wildman–Crippen MR) is 66.6 cm³/mol. The quantitative estimate of drug-likeness (QED) is 0.289. The van der Waals surface area contributed by atoms with Crippen molar-refractivity contribution >= 4 is 21.8 Å². The van der Waals surface area contributed by atoms with Gasteiger partial charge in [-0.2, -0.15) is 0 Å². The highest BCUT2D eigenvalue weighted by atomic mass is 79.9. The van der Waals surface area contributed by atoms with Crippen LogP contribution in [0.4, 0.5) is 0 Å². The molecule has 1 aromatic carbocycles. The van der Waals surface area contributed by atoms with Gasteiger partial charge in [-0.1, -0.05) is 40.2 Å². The average molecular weight is 304 g/mol. The van der Waals surface area contributed by atoms with Gasteiger partial charge in [0.05, 0.1) is 7.11 Å². The highest BCUT2D eigenvalue weighted by Gasteiger charge is 2.37. The maximum absolute atomic E-state index is 10.1. The van der Waals surface area contributed by atoms with Crippen LogP contribution >= 0.6 is 15.9 Å². The standard InChI is InChI=1S/C11H14BrNO4/c1-16-10(13-17-2)11(14,15)9-6-4-3-5-8(9)7-12/h3-6,14-15H,7H2,1-2H3. The van der Waals surface area contributed by atoms with E-state index in [0.29, 0.717) is 5.33 Å².